The van der Waals surface area contributed by atoms with Crippen molar-refractivity contribution in [1.82, 2.24) is 10.6 Å². The summed E-state index contributed by atoms with van der Waals surface area (Å²) in [5.41, 5.74) is 1.27. The van der Waals surface area contributed by atoms with E-state index in [1.165, 1.54) is 5.56 Å². The molecule has 0 aliphatic rings. The van der Waals surface area contributed by atoms with Crippen molar-refractivity contribution in [3.05, 3.63) is 22.4 Å². The number of methoxy groups -OCH3 is 1. The van der Waals surface area contributed by atoms with E-state index in [1.807, 2.05) is 0 Å². The van der Waals surface area contributed by atoms with Gasteiger partial charge in [0.05, 0.1) is 13.2 Å². The highest BCUT2D eigenvalue weighted by Crippen LogP contribution is 2.04. The number of hydrogen-bond acceptors (Lipinski definition) is 4. The van der Waals surface area contributed by atoms with Crippen LogP contribution in [0.25, 0.3) is 0 Å². The van der Waals surface area contributed by atoms with Gasteiger partial charge < -0.3 is 20.1 Å². The van der Waals surface area contributed by atoms with Gasteiger partial charge >= 0.3 is 0 Å². The van der Waals surface area contributed by atoms with Gasteiger partial charge in [0.1, 0.15) is 0 Å². The van der Waals surface area contributed by atoms with Crippen LogP contribution in [-0.4, -0.2) is 46.5 Å². The van der Waals surface area contributed by atoms with E-state index in [0.29, 0.717) is 13.2 Å². The molecule has 2 N–H and O–H groups in total. The van der Waals surface area contributed by atoms with Crippen LogP contribution in [-0.2, 0) is 16.0 Å². The van der Waals surface area contributed by atoms with E-state index < -0.39 is 0 Å². The Kier molecular flexibility index (Phi) is 13.3. The highest BCUT2D eigenvalue weighted by molar-refractivity contribution is 14.0. The Morgan fingerprint density at radius 3 is 2.80 bits per heavy atom. The predicted molar refractivity (Wildman–Crippen MR) is 95.2 cm³/mol. The van der Waals surface area contributed by atoms with Gasteiger partial charge in [-0.25, -0.2) is 0 Å². The van der Waals surface area contributed by atoms with E-state index in [-0.39, 0.29) is 24.0 Å². The number of guanidine groups is 1. The third-order valence-corrected chi connectivity index (χ3v) is 3.19. The first-order valence-electron chi connectivity index (χ1n) is 6.39. The van der Waals surface area contributed by atoms with Crippen LogP contribution in [0.2, 0.25) is 0 Å². The fraction of sp³-hybridized carbons (Fsp3) is 0.615. The van der Waals surface area contributed by atoms with Crippen LogP contribution < -0.4 is 10.6 Å². The van der Waals surface area contributed by atoms with E-state index >= 15 is 0 Å². The van der Waals surface area contributed by atoms with Crippen molar-refractivity contribution >= 4 is 41.3 Å². The van der Waals surface area contributed by atoms with Gasteiger partial charge in [-0.2, -0.15) is 11.3 Å². The van der Waals surface area contributed by atoms with E-state index in [4.69, 9.17) is 9.47 Å². The third kappa shape index (κ3) is 9.51. The zero-order chi connectivity index (χ0) is 13.8. The lowest BCUT2D eigenvalue weighted by Crippen LogP contribution is -2.37. The maximum Gasteiger partial charge on any atom is 0.191 e. The molecule has 0 fully saturated rings. The lowest BCUT2D eigenvalue weighted by molar-refractivity contribution is 0.0698. The summed E-state index contributed by atoms with van der Waals surface area (Å²) in [6, 6.07) is 2.11. The second kappa shape index (κ2) is 13.6. The highest BCUT2D eigenvalue weighted by atomic mass is 127. The van der Waals surface area contributed by atoms with Crippen molar-refractivity contribution < 1.29 is 9.47 Å². The Morgan fingerprint density at radius 2 is 2.15 bits per heavy atom. The molecule has 0 radical (unpaired) electrons. The van der Waals surface area contributed by atoms with Crippen LogP contribution >= 0.6 is 35.3 Å². The van der Waals surface area contributed by atoms with E-state index in [9.17, 15) is 0 Å². The number of hydrogen-bond donors (Lipinski definition) is 2. The Balaban J connectivity index is 0.00000361. The number of thiophene rings is 1. The summed E-state index contributed by atoms with van der Waals surface area (Å²) in [5, 5.41) is 10.7. The zero-order valence-corrected chi connectivity index (χ0v) is 15.2. The molecule has 0 saturated heterocycles. The molecular weight excluding hydrogens is 389 g/mol. The van der Waals surface area contributed by atoms with Crippen LogP contribution in [0.5, 0.6) is 0 Å². The first-order valence-corrected chi connectivity index (χ1v) is 7.33. The molecule has 7 heteroatoms. The van der Waals surface area contributed by atoms with Gasteiger partial charge in [0, 0.05) is 33.9 Å². The first kappa shape index (κ1) is 19.6. The molecule has 1 aromatic rings. The Morgan fingerprint density at radius 1 is 1.30 bits per heavy atom. The molecule has 1 aromatic heterocycles. The van der Waals surface area contributed by atoms with Gasteiger partial charge in [0.2, 0.25) is 0 Å². The summed E-state index contributed by atoms with van der Waals surface area (Å²) >= 11 is 1.70. The van der Waals surface area contributed by atoms with Crippen molar-refractivity contribution in [2.75, 3.05) is 40.5 Å². The zero-order valence-electron chi connectivity index (χ0n) is 12.1. The van der Waals surface area contributed by atoms with Crippen LogP contribution in [0.1, 0.15) is 12.0 Å². The molecule has 1 rings (SSSR count). The van der Waals surface area contributed by atoms with E-state index in [0.717, 1.165) is 32.1 Å². The third-order valence-electron chi connectivity index (χ3n) is 2.45. The Bertz CT molecular complexity index is 347. The molecular formula is C13H24IN3O2S. The molecule has 0 saturated carbocycles. The molecule has 5 nitrogen and oxygen atoms in total. The second-order valence-corrected chi connectivity index (χ2v) is 4.72. The number of rotatable bonds is 9. The summed E-state index contributed by atoms with van der Waals surface area (Å²) in [6.45, 7) is 3.68. The molecule has 20 heavy (non-hydrogen) atoms. The summed E-state index contributed by atoms with van der Waals surface area (Å²) in [6.07, 6.45) is 0.947. The monoisotopic (exact) mass is 413 g/mol. The lowest BCUT2D eigenvalue weighted by Gasteiger charge is -2.11. The van der Waals surface area contributed by atoms with Gasteiger partial charge in [0.25, 0.3) is 0 Å². The summed E-state index contributed by atoms with van der Waals surface area (Å²) in [5.74, 6) is 0.822. The summed E-state index contributed by atoms with van der Waals surface area (Å²) < 4.78 is 10.3. The fourth-order valence-electron chi connectivity index (χ4n) is 1.42. The average Bonchev–Trinajstić information content (AvgIpc) is 2.94. The minimum Gasteiger partial charge on any atom is -0.382 e. The summed E-state index contributed by atoms with van der Waals surface area (Å²) in [4.78, 5) is 4.17. The molecule has 0 aliphatic heterocycles. The maximum atomic E-state index is 5.38. The van der Waals surface area contributed by atoms with Crippen LogP contribution in [0, 0.1) is 0 Å². The maximum absolute atomic E-state index is 5.38. The van der Waals surface area contributed by atoms with E-state index in [2.05, 4.69) is 32.5 Å². The SMILES string of the molecule is CN=C(NCCCOCCOC)NCc1ccsc1.I. The average molecular weight is 413 g/mol. The van der Waals surface area contributed by atoms with Gasteiger partial charge in [-0.1, -0.05) is 0 Å². The standard InChI is InChI=1S/C13H23N3O2S.HI/c1-14-13(16-10-12-4-9-19-11-12)15-5-3-6-18-8-7-17-2;/h4,9,11H,3,5-8,10H2,1-2H3,(H2,14,15,16);1H. The number of nitrogens with zero attached hydrogens (tertiary/aromatic N) is 1. The molecule has 0 aromatic carbocycles. The summed E-state index contributed by atoms with van der Waals surface area (Å²) in [7, 11) is 3.45. The molecule has 116 valence electrons. The van der Waals surface area contributed by atoms with Crippen LogP contribution in [0.4, 0.5) is 0 Å². The lowest BCUT2D eigenvalue weighted by atomic mass is 10.3. The molecule has 0 unspecified atom stereocenters. The van der Waals surface area contributed by atoms with Gasteiger partial charge in [-0.3, -0.25) is 4.99 Å². The smallest absolute Gasteiger partial charge is 0.191 e. The van der Waals surface area contributed by atoms with Crippen LogP contribution in [0.15, 0.2) is 21.8 Å². The van der Waals surface area contributed by atoms with Crippen molar-refractivity contribution in [2.24, 2.45) is 4.99 Å². The van der Waals surface area contributed by atoms with Crippen molar-refractivity contribution in [3.8, 4) is 0 Å². The Hall–Kier alpha value is -0.380. The first-order chi connectivity index (χ1) is 9.36. The van der Waals surface area contributed by atoms with Gasteiger partial charge in [-0.05, 0) is 28.8 Å². The number of aliphatic imine (C=N–C) groups is 1. The molecule has 0 spiro atoms. The number of halogens is 1. The normalized spacial score (nSPS) is 11.0. The molecule has 0 bridgehead atoms. The van der Waals surface area contributed by atoms with Crippen LogP contribution in [0.3, 0.4) is 0 Å². The van der Waals surface area contributed by atoms with Gasteiger partial charge in [0.15, 0.2) is 5.96 Å². The minimum atomic E-state index is 0. The van der Waals surface area contributed by atoms with Crippen molar-refractivity contribution in [1.29, 1.82) is 0 Å². The topological polar surface area (TPSA) is 54.9 Å². The second-order valence-electron chi connectivity index (χ2n) is 3.94. The number of ether oxygens (including phenoxy) is 2. The van der Waals surface area contributed by atoms with Gasteiger partial charge in [-0.15, -0.1) is 24.0 Å². The molecule has 1 heterocycles. The number of nitrogens with one attached hydrogen (secondary N) is 2. The van der Waals surface area contributed by atoms with Crippen molar-refractivity contribution in [2.45, 2.75) is 13.0 Å². The molecule has 0 atom stereocenters. The Labute approximate surface area is 142 Å². The minimum absolute atomic E-state index is 0. The highest BCUT2D eigenvalue weighted by Gasteiger charge is 1.98. The largest absolute Gasteiger partial charge is 0.382 e. The van der Waals surface area contributed by atoms with E-state index in [1.54, 1.807) is 25.5 Å². The van der Waals surface area contributed by atoms with Crippen molar-refractivity contribution in [3.63, 3.8) is 0 Å². The quantitative estimate of drug-likeness (QED) is 0.282. The predicted octanol–water partition coefficient (Wildman–Crippen LogP) is 2.08. The molecule has 0 amide bonds. The fourth-order valence-corrected chi connectivity index (χ4v) is 2.09. The molecule has 0 aliphatic carbocycles.